The van der Waals surface area contributed by atoms with Crippen LogP contribution in [0.5, 0.6) is 5.75 Å². The molecule has 0 spiro atoms. The number of halogens is 6. The Balaban J connectivity index is 1.61. The molecule has 1 aliphatic heterocycles. The maximum atomic E-state index is 15.1. The van der Waals surface area contributed by atoms with E-state index in [-0.39, 0.29) is 62.4 Å². The molecule has 9 nitrogen and oxygen atoms in total. The lowest BCUT2D eigenvalue weighted by atomic mass is 9.96. The Morgan fingerprint density at radius 3 is 2.34 bits per heavy atom. The van der Waals surface area contributed by atoms with Gasteiger partial charge in [-0.3, -0.25) is 0 Å². The third kappa shape index (κ3) is 5.65. The number of aryl methyl sites for hydroxylation is 2. The maximum Gasteiger partial charge on any atom is 0.434 e. The zero-order chi connectivity index (χ0) is 34.2. The zero-order valence-electron chi connectivity index (χ0n) is 24.5. The van der Waals surface area contributed by atoms with Gasteiger partial charge in [0, 0.05) is 41.6 Å². The highest BCUT2D eigenvalue weighted by Gasteiger charge is 2.50. The van der Waals surface area contributed by atoms with E-state index < -0.39 is 56.8 Å². The Hall–Kier alpha value is -4.67. The van der Waals surface area contributed by atoms with Gasteiger partial charge in [-0.15, -0.1) is 0 Å². The molecule has 2 N–H and O–H groups in total. The van der Waals surface area contributed by atoms with Crippen LogP contribution in [0.1, 0.15) is 34.6 Å². The van der Waals surface area contributed by atoms with E-state index in [1.165, 1.54) is 50.2 Å². The first kappa shape index (κ1) is 32.3. The highest BCUT2D eigenvalue weighted by atomic mass is 32.2. The molecular weight excluding hydrogens is 656 g/mol. The van der Waals surface area contributed by atoms with Gasteiger partial charge in [-0.25, -0.2) is 22.8 Å². The first-order chi connectivity index (χ1) is 21.9. The minimum atomic E-state index is -4.78. The summed E-state index contributed by atoms with van der Waals surface area (Å²) in [6, 6.07) is 10.2. The van der Waals surface area contributed by atoms with Gasteiger partial charge in [0.2, 0.25) is 0 Å². The Morgan fingerprint density at radius 1 is 1.00 bits per heavy atom. The van der Waals surface area contributed by atoms with E-state index in [0.29, 0.717) is 0 Å². The van der Waals surface area contributed by atoms with E-state index in [9.17, 15) is 40.6 Å². The molecule has 0 bridgehead atoms. The predicted octanol–water partition coefficient (Wildman–Crippen LogP) is 6.55. The largest absolute Gasteiger partial charge is 0.440 e. The molecule has 3 heterocycles. The molecule has 0 amide bonds. The van der Waals surface area contributed by atoms with E-state index in [4.69, 9.17) is 4.42 Å². The van der Waals surface area contributed by atoms with E-state index in [1.807, 2.05) is 0 Å². The number of oxazole rings is 1. The topological polar surface area (TPSA) is 128 Å². The van der Waals surface area contributed by atoms with E-state index >= 15 is 4.39 Å². The number of fused-ring (bicyclic) bond motifs is 1. The average Bonchev–Trinajstić information content (AvgIpc) is 3.64. The van der Waals surface area contributed by atoms with Crippen LogP contribution < -0.4 is 4.74 Å². The van der Waals surface area contributed by atoms with Gasteiger partial charge in [0.25, 0.3) is 0 Å². The molecule has 2 aromatic heterocycles. The molecule has 47 heavy (non-hydrogen) atoms. The second-order valence-electron chi connectivity index (χ2n) is 10.9. The Kier molecular flexibility index (Phi) is 7.52. The highest BCUT2D eigenvalue weighted by Crippen LogP contribution is 2.48. The highest BCUT2D eigenvalue weighted by molar-refractivity contribution is 7.90. The number of hydrogen-bond acceptors (Lipinski definition) is 8. The van der Waals surface area contributed by atoms with Crippen molar-refractivity contribution in [2.45, 2.75) is 43.7 Å². The van der Waals surface area contributed by atoms with E-state index in [2.05, 4.69) is 14.7 Å². The van der Waals surface area contributed by atoms with Gasteiger partial charge in [0.15, 0.2) is 33.3 Å². The number of aromatic nitrogens is 3. The molecule has 0 saturated carbocycles. The molecular formula is C31H23F6N3O6S. The third-order valence-corrected chi connectivity index (χ3v) is 8.76. The molecule has 5 aromatic rings. The van der Waals surface area contributed by atoms with Gasteiger partial charge < -0.3 is 23.9 Å². The van der Waals surface area contributed by atoms with Crippen molar-refractivity contribution in [1.29, 1.82) is 0 Å². The SMILES string of the molecule is Cc1nc(-c2cc(-c3cc(F)c(CO)c(S(C)(=O)=O)c3)ccc2-n2cc(C(F)(F)F)nc2C)c(-c2ccc3c(c2)C(O)C(F)(F)O3)o1. The predicted molar refractivity (Wildman–Crippen MR) is 154 cm³/mol. The lowest BCUT2D eigenvalue weighted by Gasteiger charge is -2.15. The number of nitrogens with zero attached hydrogens (tertiary/aromatic N) is 3. The van der Waals surface area contributed by atoms with Crippen molar-refractivity contribution in [2.24, 2.45) is 0 Å². The number of hydrogen-bond donors (Lipinski definition) is 2. The van der Waals surface area contributed by atoms with Gasteiger partial charge in [0.1, 0.15) is 23.1 Å². The molecule has 0 fully saturated rings. The standard InChI is InChI=1S/C31H23F6N3O6S/c1-14-38-26(30(33,34)35)12-40(14)23-6-4-16(18-10-22(32)21(13-41)25(11-18)47(3,43)44)8-19(23)27-28(45-15(2)39-27)17-5-7-24-20(9-17)29(42)31(36,37)46-24/h4-12,29,41-42H,13H2,1-3H3. The van der Waals surface area contributed by atoms with Crippen molar-refractivity contribution in [1.82, 2.24) is 14.5 Å². The minimum absolute atomic E-state index is 0.0152. The van der Waals surface area contributed by atoms with Crippen molar-refractivity contribution in [2.75, 3.05) is 6.26 Å². The Labute approximate surface area is 262 Å². The fourth-order valence-corrected chi connectivity index (χ4v) is 6.37. The van der Waals surface area contributed by atoms with Crippen LogP contribution in [0.25, 0.3) is 39.4 Å². The summed E-state index contributed by atoms with van der Waals surface area (Å²) in [6.45, 7) is 1.92. The zero-order valence-corrected chi connectivity index (χ0v) is 25.3. The summed E-state index contributed by atoms with van der Waals surface area (Å²) in [5.41, 5.74) is -1.21. The van der Waals surface area contributed by atoms with Crippen molar-refractivity contribution < 1.29 is 54.1 Å². The van der Waals surface area contributed by atoms with Crippen LogP contribution in [0.4, 0.5) is 26.3 Å². The summed E-state index contributed by atoms with van der Waals surface area (Å²) in [6.07, 6.45) is -9.35. The minimum Gasteiger partial charge on any atom is -0.440 e. The van der Waals surface area contributed by atoms with Crippen LogP contribution in [0.3, 0.4) is 0 Å². The molecule has 246 valence electrons. The summed E-state index contributed by atoms with van der Waals surface area (Å²) < 4.78 is 121. The van der Waals surface area contributed by atoms with Crippen molar-refractivity contribution in [3.8, 4) is 45.1 Å². The van der Waals surface area contributed by atoms with Gasteiger partial charge in [-0.05, 0) is 60.5 Å². The maximum absolute atomic E-state index is 15.1. The molecule has 0 aliphatic carbocycles. The average molecular weight is 680 g/mol. The summed E-state index contributed by atoms with van der Waals surface area (Å²) in [7, 11) is -4.02. The van der Waals surface area contributed by atoms with Crippen molar-refractivity contribution >= 4 is 9.84 Å². The molecule has 3 aromatic carbocycles. The molecule has 16 heteroatoms. The summed E-state index contributed by atoms with van der Waals surface area (Å²) in [5, 5.41) is 19.8. The lowest BCUT2D eigenvalue weighted by Crippen LogP contribution is -2.26. The second kappa shape index (κ2) is 11.0. The molecule has 1 aliphatic rings. The molecule has 6 rings (SSSR count). The Morgan fingerprint density at radius 2 is 1.70 bits per heavy atom. The molecule has 0 saturated heterocycles. The van der Waals surface area contributed by atoms with Crippen LogP contribution >= 0.6 is 0 Å². The quantitative estimate of drug-likeness (QED) is 0.194. The number of imidazole rings is 1. The molecule has 1 atom stereocenters. The van der Waals surface area contributed by atoms with E-state index in [0.717, 1.165) is 29.2 Å². The normalized spacial score (nSPS) is 15.9. The van der Waals surface area contributed by atoms with Gasteiger partial charge in [-0.2, -0.15) is 22.0 Å². The fraction of sp³-hybridized carbons (Fsp3) is 0.226. The van der Waals surface area contributed by atoms with Gasteiger partial charge in [-0.1, -0.05) is 6.07 Å². The van der Waals surface area contributed by atoms with Crippen LogP contribution in [0.15, 0.2) is 64.0 Å². The monoisotopic (exact) mass is 679 g/mol. The van der Waals surface area contributed by atoms with Crippen LogP contribution in [0.2, 0.25) is 0 Å². The number of sulfone groups is 1. The first-order valence-corrected chi connectivity index (χ1v) is 15.6. The molecule has 0 radical (unpaired) electrons. The van der Waals surface area contributed by atoms with Crippen LogP contribution in [-0.4, -0.2) is 45.5 Å². The number of aliphatic hydroxyl groups is 2. The summed E-state index contributed by atoms with van der Waals surface area (Å²) >= 11 is 0. The van der Waals surface area contributed by atoms with Crippen molar-refractivity contribution in [3.05, 3.63) is 89.1 Å². The Bertz CT molecular complexity index is 2170. The summed E-state index contributed by atoms with van der Waals surface area (Å²) in [4.78, 5) is 7.61. The van der Waals surface area contributed by atoms with Crippen LogP contribution in [0, 0.1) is 19.7 Å². The number of alkyl halides is 5. The number of rotatable bonds is 6. The van der Waals surface area contributed by atoms with Gasteiger partial charge >= 0.3 is 12.3 Å². The first-order valence-electron chi connectivity index (χ1n) is 13.7. The number of benzene rings is 3. The number of aliphatic hydroxyl groups excluding tert-OH is 2. The van der Waals surface area contributed by atoms with Crippen LogP contribution in [-0.2, 0) is 22.6 Å². The van der Waals surface area contributed by atoms with Gasteiger partial charge in [0.05, 0.1) is 17.2 Å². The lowest BCUT2D eigenvalue weighted by molar-refractivity contribution is -0.224. The summed E-state index contributed by atoms with van der Waals surface area (Å²) in [5.74, 6) is -1.28. The smallest absolute Gasteiger partial charge is 0.434 e. The number of ether oxygens (including phenoxy) is 1. The van der Waals surface area contributed by atoms with Crippen molar-refractivity contribution in [3.63, 3.8) is 0 Å². The van der Waals surface area contributed by atoms with E-state index in [1.54, 1.807) is 0 Å². The molecule has 1 unspecified atom stereocenters. The third-order valence-electron chi connectivity index (χ3n) is 7.59. The second-order valence-corrected chi connectivity index (χ2v) is 12.9. The fourth-order valence-electron chi connectivity index (χ4n) is 5.42.